The zero-order valence-electron chi connectivity index (χ0n) is 18.9. The van der Waals surface area contributed by atoms with Crippen molar-refractivity contribution in [3.8, 4) is 11.1 Å². The largest absolute Gasteiger partial charge is 0.481 e. The maximum absolute atomic E-state index is 12.5. The van der Waals surface area contributed by atoms with Crippen LogP contribution in [-0.2, 0) is 19.1 Å². The van der Waals surface area contributed by atoms with Crippen molar-refractivity contribution in [3.63, 3.8) is 0 Å². The molecule has 1 atom stereocenters. The minimum Gasteiger partial charge on any atom is -0.481 e. The van der Waals surface area contributed by atoms with Crippen LogP contribution in [0.4, 0.5) is 4.79 Å². The van der Waals surface area contributed by atoms with Crippen LogP contribution in [0.1, 0.15) is 43.7 Å². The van der Waals surface area contributed by atoms with Gasteiger partial charge in [-0.05, 0) is 42.5 Å². The molecule has 0 saturated carbocycles. The number of hydrogen-bond donors (Lipinski definition) is 3. The molecule has 1 aliphatic rings. The first-order valence-electron chi connectivity index (χ1n) is 11.1. The van der Waals surface area contributed by atoms with Gasteiger partial charge in [0.05, 0.1) is 12.7 Å². The van der Waals surface area contributed by atoms with Gasteiger partial charge in [0, 0.05) is 18.9 Å². The Hall–Kier alpha value is -3.39. The Morgan fingerprint density at radius 2 is 1.61 bits per heavy atom. The fourth-order valence-corrected chi connectivity index (χ4v) is 3.91. The average molecular weight is 455 g/mol. The van der Waals surface area contributed by atoms with E-state index in [2.05, 4.69) is 10.6 Å². The van der Waals surface area contributed by atoms with Crippen molar-refractivity contribution in [3.05, 3.63) is 59.7 Å². The number of carboxylic acids is 1. The summed E-state index contributed by atoms with van der Waals surface area (Å²) in [7, 11) is 0. The molecule has 0 fully saturated rings. The van der Waals surface area contributed by atoms with Crippen molar-refractivity contribution in [2.75, 3.05) is 19.8 Å². The van der Waals surface area contributed by atoms with Gasteiger partial charge in [-0.3, -0.25) is 9.59 Å². The molecule has 0 spiro atoms. The molecular formula is C25H30N2O6. The summed E-state index contributed by atoms with van der Waals surface area (Å²) in [6, 6.07) is 15.0. The minimum absolute atomic E-state index is 0.0312. The second kappa shape index (κ2) is 11.5. The topological polar surface area (TPSA) is 114 Å². The van der Waals surface area contributed by atoms with Gasteiger partial charge < -0.3 is 25.2 Å². The van der Waals surface area contributed by atoms with Crippen LogP contribution in [0.15, 0.2) is 48.5 Å². The second-order valence-corrected chi connectivity index (χ2v) is 8.17. The summed E-state index contributed by atoms with van der Waals surface area (Å²) in [6.07, 6.45) is -1.04. The Balaban J connectivity index is 1.59. The average Bonchev–Trinajstić information content (AvgIpc) is 3.11. The van der Waals surface area contributed by atoms with E-state index in [0.717, 1.165) is 22.3 Å². The van der Waals surface area contributed by atoms with Crippen molar-refractivity contribution >= 4 is 18.0 Å². The predicted octanol–water partition coefficient (Wildman–Crippen LogP) is 3.30. The van der Waals surface area contributed by atoms with E-state index in [4.69, 9.17) is 14.6 Å². The Bertz CT molecular complexity index is 945. The summed E-state index contributed by atoms with van der Waals surface area (Å²) in [6.45, 7) is 4.45. The number of ether oxygens (including phenoxy) is 2. The highest BCUT2D eigenvalue weighted by Gasteiger charge is 2.29. The molecule has 1 unspecified atom stereocenters. The maximum atomic E-state index is 12.5. The number of carboxylic acid groups (broad SMARTS) is 1. The number of carbonyl (C=O) groups excluding carboxylic acids is 2. The molecule has 1 aliphatic carbocycles. The molecule has 2 aromatic rings. The number of rotatable bonds is 11. The van der Waals surface area contributed by atoms with Crippen LogP contribution in [0.2, 0.25) is 0 Å². The summed E-state index contributed by atoms with van der Waals surface area (Å²) in [5.74, 6) is -1.63. The predicted molar refractivity (Wildman–Crippen MR) is 123 cm³/mol. The van der Waals surface area contributed by atoms with Crippen LogP contribution in [0.5, 0.6) is 0 Å². The number of hydrogen-bond acceptors (Lipinski definition) is 5. The molecule has 3 N–H and O–H groups in total. The van der Waals surface area contributed by atoms with Gasteiger partial charge in [-0.25, -0.2) is 4.79 Å². The van der Waals surface area contributed by atoms with Crippen LogP contribution in [-0.4, -0.2) is 55.0 Å². The molecule has 176 valence electrons. The molecule has 0 bridgehead atoms. The lowest BCUT2D eigenvalue weighted by atomic mass is 9.98. The van der Waals surface area contributed by atoms with E-state index >= 15 is 0 Å². The monoisotopic (exact) mass is 454 g/mol. The maximum Gasteiger partial charge on any atom is 0.407 e. The van der Waals surface area contributed by atoms with Gasteiger partial charge in [0.25, 0.3) is 0 Å². The summed E-state index contributed by atoms with van der Waals surface area (Å²) < 4.78 is 10.9. The molecule has 3 rings (SSSR count). The first-order valence-corrected chi connectivity index (χ1v) is 11.1. The number of nitrogens with one attached hydrogen (secondary N) is 2. The van der Waals surface area contributed by atoms with Crippen LogP contribution < -0.4 is 10.6 Å². The van der Waals surface area contributed by atoms with Crippen molar-refractivity contribution < 1.29 is 29.0 Å². The van der Waals surface area contributed by atoms with Crippen molar-refractivity contribution in [1.82, 2.24) is 10.6 Å². The fourth-order valence-electron chi connectivity index (χ4n) is 3.91. The molecule has 0 aliphatic heterocycles. The number of carbonyl (C=O) groups is 3. The van der Waals surface area contributed by atoms with E-state index in [1.54, 1.807) is 0 Å². The smallest absolute Gasteiger partial charge is 0.407 e. The number of benzene rings is 2. The molecule has 2 amide bonds. The molecule has 2 aromatic carbocycles. The molecule has 8 nitrogen and oxygen atoms in total. The summed E-state index contributed by atoms with van der Waals surface area (Å²) in [4.78, 5) is 36.0. The quantitative estimate of drug-likeness (QED) is 0.449. The fraction of sp³-hybridized carbons (Fsp3) is 0.400. The van der Waals surface area contributed by atoms with Gasteiger partial charge in [-0.15, -0.1) is 0 Å². The van der Waals surface area contributed by atoms with Gasteiger partial charge in [-0.1, -0.05) is 48.5 Å². The van der Waals surface area contributed by atoms with Crippen LogP contribution >= 0.6 is 0 Å². The van der Waals surface area contributed by atoms with Crippen molar-refractivity contribution in [1.29, 1.82) is 0 Å². The summed E-state index contributed by atoms with van der Waals surface area (Å²) in [5, 5.41) is 14.2. The highest BCUT2D eigenvalue weighted by Crippen LogP contribution is 2.44. The molecule has 0 aromatic heterocycles. The van der Waals surface area contributed by atoms with Gasteiger partial charge in [0.1, 0.15) is 12.6 Å². The number of aliphatic carboxylic acids is 1. The van der Waals surface area contributed by atoms with Gasteiger partial charge >= 0.3 is 12.1 Å². The Morgan fingerprint density at radius 3 is 2.18 bits per heavy atom. The molecule has 33 heavy (non-hydrogen) atoms. The van der Waals surface area contributed by atoms with Gasteiger partial charge in [-0.2, -0.15) is 0 Å². The number of alkyl carbamates (subject to hydrolysis) is 1. The summed E-state index contributed by atoms with van der Waals surface area (Å²) in [5.41, 5.74) is 4.39. The zero-order valence-corrected chi connectivity index (χ0v) is 18.9. The lowest BCUT2D eigenvalue weighted by Gasteiger charge is -2.19. The van der Waals surface area contributed by atoms with E-state index in [1.165, 1.54) is 0 Å². The van der Waals surface area contributed by atoms with E-state index in [9.17, 15) is 14.4 Å². The Labute approximate surface area is 193 Å². The van der Waals surface area contributed by atoms with E-state index < -0.39 is 24.0 Å². The van der Waals surface area contributed by atoms with Crippen LogP contribution in [0.25, 0.3) is 11.1 Å². The normalized spacial score (nSPS) is 13.2. The molecular weight excluding hydrogens is 424 g/mol. The van der Waals surface area contributed by atoms with Crippen molar-refractivity contribution in [2.24, 2.45) is 0 Å². The lowest BCUT2D eigenvalue weighted by Crippen LogP contribution is -2.48. The highest BCUT2D eigenvalue weighted by molar-refractivity contribution is 5.86. The minimum atomic E-state index is -1.05. The van der Waals surface area contributed by atoms with E-state index in [-0.39, 0.29) is 38.0 Å². The SMILES string of the molecule is CC(C)OCCNC(=O)C(CCC(=O)O)NC(=O)OCC1c2ccccc2-c2ccccc21. The van der Waals surface area contributed by atoms with E-state index in [0.29, 0.717) is 6.61 Å². The van der Waals surface area contributed by atoms with E-state index in [1.807, 2.05) is 62.4 Å². The number of amides is 2. The Kier molecular flexibility index (Phi) is 8.43. The highest BCUT2D eigenvalue weighted by atomic mass is 16.5. The third-order valence-corrected chi connectivity index (χ3v) is 5.45. The van der Waals surface area contributed by atoms with Gasteiger partial charge in [0.2, 0.25) is 5.91 Å². The first-order chi connectivity index (χ1) is 15.9. The third-order valence-electron chi connectivity index (χ3n) is 5.45. The zero-order chi connectivity index (χ0) is 23.8. The summed E-state index contributed by atoms with van der Waals surface area (Å²) >= 11 is 0. The molecule has 0 heterocycles. The third kappa shape index (κ3) is 6.55. The first kappa shape index (κ1) is 24.3. The van der Waals surface area contributed by atoms with Gasteiger partial charge in [0.15, 0.2) is 0 Å². The molecule has 0 saturated heterocycles. The van der Waals surface area contributed by atoms with Crippen LogP contribution in [0.3, 0.4) is 0 Å². The van der Waals surface area contributed by atoms with Crippen LogP contribution in [0, 0.1) is 0 Å². The van der Waals surface area contributed by atoms with Crippen molar-refractivity contribution in [2.45, 2.75) is 44.8 Å². The molecule has 8 heteroatoms. The second-order valence-electron chi connectivity index (χ2n) is 8.17. The number of fused-ring (bicyclic) bond motifs is 3. The standard InChI is InChI=1S/C25H30N2O6/c1-16(2)32-14-13-26-24(30)22(11-12-23(28)29)27-25(31)33-15-21-19-9-5-3-7-17(19)18-8-4-6-10-20(18)21/h3-10,16,21-22H,11-15H2,1-2H3,(H,26,30)(H,27,31)(H,28,29). The lowest BCUT2D eigenvalue weighted by molar-refractivity contribution is -0.137. The molecule has 0 radical (unpaired) electrons. The Morgan fingerprint density at radius 1 is 1.00 bits per heavy atom.